The fourth-order valence-electron chi connectivity index (χ4n) is 1.10. The van der Waals surface area contributed by atoms with Crippen molar-refractivity contribution in [2.24, 2.45) is 0 Å². The Hall–Kier alpha value is -1.24. The summed E-state index contributed by atoms with van der Waals surface area (Å²) in [6.45, 7) is 0. The van der Waals surface area contributed by atoms with Gasteiger partial charge in [0, 0.05) is 0 Å². The van der Waals surface area contributed by atoms with Gasteiger partial charge in [-0.05, 0) is 24.7 Å². The van der Waals surface area contributed by atoms with Crippen LogP contribution in [0.15, 0.2) is 24.3 Å². The smallest absolute Gasteiger partial charge is 0.121 e. The van der Waals surface area contributed by atoms with Crippen LogP contribution in [0.1, 0.15) is 11.6 Å². The number of hydrogen-bond acceptors (Lipinski definition) is 3. The summed E-state index contributed by atoms with van der Waals surface area (Å²) in [5, 5.41) is 11.7. The number of benzene rings is 1. The van der Waals surface area contributed by atoms with Gasteiger partial charge in [0.25, 0.3) is 0 Å². The third kappa shape index (κ3) is 2.91. The quantitative estimate of drug-likeness (QED) is 0.833. The number of ether oxygens (including phenoxy) is 1. The summed E-state index contributed by atoms with van der Waals surface area (Å²) in [5.74, 6) is 0.802. The highest BCUT2D eigenvalue weighted by molar-refractivity contribution is 5.85. The van der Waals surface area contributed by atoms with E-state index in [0.717, 1.165) is 11.3 Å². The first-order valence-corrected chi connectivity index (χ1v) is 4.02. The number of methoxy groups -OCH3 is 1. The molecule has 0 bridgehead atoms. The van der Waals surface area contributed by atoms with Crippen molar-refractivity contribution < 1.29 is 4.74 Å². The lowest BCUT2D eigenvalue weighted by Gasteiger charge is -2.07. The summed E-state index contributed by atoms with van der Waals surface area (Å²) >= 11 is 0. The summed E-state index contributed by atoms with van der Waals surface area (Å²) in [5.41, 5.74) is 0.950. The number of nitrogens with zero attached hydrogens (tertiary/aromatic N) is 1. The van der Waals surface area contributed by atoms with E-state index in [4.69, 9.17) is 10.00 Å². The number of nitrogens with one attached hydrogen (secondary N) is 1. The zero-order valence-electron chi connectivity index (χ0n) is 8.15. The maximum absolute atomic E-state index is 8.76. The number of nitriles is 1. The van der Waals surface area contributed by atoms with E-state index in [1.165, 1.54) is 0 Å². The molecule has 0 saturated carbocycles. The molecule has 0 heterocycles. The third-order valence-corrected chi connectivity index (χ3v) is 1.87. The molecule has 1 atom stereocenters. The van der Waals surface area contributed by atoms with Gasteiger partial charge in [0.2, 0.25) is 0 Å². The van der Waals surface area contributed by atoms with Crippen molar-refractivity contribution in [3.8, 4) is 11.8 Å². The molecule has 0 aromatic heterocycles. The molecular weight excluding hydrogens is 200 g/mol. The van der Waals surface area contributed by atoms with Crippen LogP contribution in [0, 0.1) is 11.3 Å². The van der Waals surface area contributed by atoms with E-state index in [0.29, 0.717) is 0 Å². The van der Waals surface area contributed by atoms with Crippen LogP contribution in [0.4, 0.5) is 0 Å². The van der Waals surface area contributed by atoms with Gasteiger partial charge in [0.15, 0.2) is 0 Å². The van der Waals surface area contributed by atoms with Gasteiger partial charge in [-0.2, -0.15) is 5.26 Å². The van der Waals surface area contributed by atoms with E-state index in [-0.39, 0.29) is 18.4 Å². The van der Waals surface area contributed by atoms with Crippen molar-refractivity contribution in [1.82, 2.24) is 5.32 Å². The molecule has 3 nitrogen and oxygen atoms in total. The fourth-order valence-corrected chi connectivity index (χ4v) is 1.10. The minimum Gasteiger partial charge on any atom is -0.497 e. The fraction of sp³-hybridized carbons (Fsp3) is 0.300. The minimum atomic E-state index is -0.245. The molecule has 0 amide bonds. The van der Waals surface area contributed by atoms with Crippen LogP contribution in [0.5, 0.6) is 5.75 Å². The maximum Gasteiger partial charge on any atom is 0.121 e. The Balaban J connectivity index is 0.00000169. The Morgan fingerprint density at radius 2 is 1.93 bits per heavy atom. The molecule has 0 saturated heterocycles. The summed E-state index contributed by atoms with van der Waals surface area (Å²) in [7, 11) is 3.38. The Bertz CT molecular complexity index is 305. The molecule has 0 aliphatic carbocycles. The maximum atomic E-state index is 8.76. The molecule has 14 heavy (non-hydrogen) atoms. The van der Waals surface area contributed by atoms with Crippen LogP contribution in [-0.4, -0.2) is 14.2 Å². The highest BCUT2D eigenvalue weighted by atomic mass is 35.5. The van der Waals surface area contributed by atoms with E-state index in [1.54, 1.807) is 14.2 Å². The first-order valence-electron chi connectivity index (χ1n) is 4.02. The van der Waals surface area contributed by atoms with Crippen molar-refractivity contribution in [2.75, 3.05) is 14.2 Å². The average molecular weight is 213 g/mol. The van der Waals surface area contributed by atoms with E-state index < -0.39 is 0 Å². The second-order valence-electron chi connectivity index (χ2n) is 2.62. The molecule has 0 fully saturated rings. The minimum absolute atomic E-state index is 0. The molecule has 0 spiro atoms. The van der Waals surface area contributed by atoms with Crippen LogP contribution >= 0.6 is 12.4 Å². The normalized spacial score (nSPS) is 10.9. The summed E-state index contributed by atoms with van der Waals surface area (Å²) < 4.78 is 5.01. The Labute approximate surface area is 90.1 Å². The summed E-state index contributed by atoms with van der Waals surface area (Å²) in [6, 6.07) is 9.35. The second-order valence-corrected chi connectivity index (χ2v) is 2.62. The SMILES string of the molecule is CNC(C#N)c1ccc(OC)cc1.Cl. The highest BCUT2D eigenvalue weighted by Crippen LogP contribution is 2.16. The standard InChI is InChI=1S/C10H12N2O.ClH/c1-12-10(7-11)8-3-5-9(13-2)6-4-8;/h3-6,10,12H,1-2H3;1H. The molecule has 0 aliphatic heterocycles. The van der Waals surface area contributed by atoms with Crippen LogP contribution < -0.4 is 10.1 Å². The number of halogens is 1. The predicted octanol–water partition coefficient (Wildman–Crippen LogP) is 1.90. The molecule has 4 heteroatoms. The van der Waals surface area contributed by atoms with Gasteiger partial charge >= 0.3 is 0 Å². The summed E-state index contributed by atoms with van der Waals surface area (Å²) in [6.07, 6.45) is 0. The topological polar surface area (TPSA) is 45.0 Å². The molecule has 1 aromatic rings. The van der Waals surface area contributed by atoms with Gasteiger partial charge in [0.1, 0.15) is 11.8 Å². The van der Waals surface area contributed by atoms with Crippen molar-refractivity contribution in [1.29, 1.82) is 5.26 Å². The lowest BCUT2D eigenvalue weighted by molar-refractivity contribution is 0.414. The molecule has 0 aliphatic rings. The largest absolute Gasteiger partial charge is 0.497 e. The van der Waals surface area contributed by atoms with Crippen LogP contribution in [-0.2, 0) is 0 Å². The van der Waals surface area contributed by atoms with Gasteiger partial charge in [-0.25, -0.2) is 0 Å². The first-order chi connectivity index (χ1) is 6.31. The Morgan fingerprint density at radius 1 is 1.36 bits per heavy atom. The molecule has 1 unspecified atom stereocenters. The van der Waals surface area contributed by atoms with Crippen molar-refractivity contribution >= 4 is 12.4 Å². The van der Waals surface area contributed by atoms with E-state index >= 15 is 0 Å². The molecule has 1 aromatic carbocycles. The third-order valence-electron chi connectivity index (χ3n) is 1.87. The van der Waals surface area contributed by atoms with Crippen molar-refractivity contribution in [3.63, 3.8) is 0 Å². The number of hydrogen-bond donors (Lipinski definition) is 1. The lowest BCUT2D eigenvalue weighted by Crippen LogP contribution is -2.13. The summed E-state index contributed by atoms with van der Waals surface area (Å²) in [4.78, 5) is 0. The van der Waals surface area contributed by atoms with Crippen LogP contribution in [0.25, 0.3) is 0 Å². The Kier molecular flexibility index (Phi) is 5.70. The first kappa shape index (κ1) is 12.8. The van der Waals surface area contributed by atoms with Crippen molar-refractivity contribution in [2.45, 2.75) is 6.04 Å². The van der Waals surface area contributed by atoms with Gasteiger partial charge in [-0.3, -0.25) is 0 Å². The second kappa shape index (κ2) is 6.25. The van der Waals surface area contributed by atoms with Gasteiger partial charge in [-0.1, -0.05) is 12.1 Å². The average Bonchev–Trinajstić information content (AvgIpc) is 2.21. The van der Waals surface area contributed by atoms with Crippen molar-refractivity contribution in [3.05, 3.63) is 29.8 Å². The zero-order chi connectivity index (χ0) is 9.68. The number of rotatable bonds is 3. The molecular formula is C10H13ClN2O. The van der Waals surface area contributed by atoms with E-state index in [9.17, 15) is 0 Å². The van der Waals surface area contributed by atoms with Crippen LogP contribution in [0.2, 0.25) is 0 Å². The molecule has 76 valence electrons. The predicted molar refractivity (Wildman–Crippen MR) is 57.7 cm³/mol. The molecule has 1 N–H and O–H groups in total. The van der Waals surface area contributed by atoms with Gasteiger partial charge in [0.05, 0.1) is 13.2 Å². The zero-order valence-corrected chi connectivity index (χ0v) is 8.97. The molecule has 0 radical (unpaired) electrons. The van der Waals surface area contributed by atoms with E-state index in [2.05, 4.69) is 11.4 Å². The lowest BCUT2D eigenvalue weighted by atomic mass is 10.1. The molecule has 1 rings (SSSR count). The highest BCUT2D eigenvalue weighted by Gasteiger charge is 2.06. The Morgan fingerprint density at radius 3 is 2.29 bits per heavy atom. The monoisotopic (exact) mass is 212 g/mol. The van der Waals surface area contributed by atoms with Crippen LogP contribution in [0.3, 0.4) is 0 Å². The van der Waals surface area contributed by atoms with E-state index in [1.807, 2.05) is 24.3 Å². The van der Waals surface area contributed by atoms with Gasteiger partial charge < -0.3 is 10.1 Å². The van der Waals surface area contributed by atoms with Gasteiger partial charge in [-0.15, -0.1) is 12.4 Å².